The molecule has 1 aromatic heterocycles. The van der Waals surface area contributed by atoms with Crippen LogP contribution in [-0.2, 0) is 6.54 Å². The molecule has 0 amide bonds. The van der Waals surface area contributed by atoms with Gasteiger partial charge in [0.15, 0.2) is 5.82 Å². The van der Waals surface area contributed by atoms with Crippen molar-refractivity contribution >= 4 is 11.8 Å². The van der Waals surface area contributed by atoms with E-state index in [4.69, 9.17) is 9.47 Å². The lowest BCUT2D eigenvalue weighted by atomic mass is 10.1. The summed E-state index contributed by atoms with van der Waals surface area (Å²) in [5, 5.41) is 14.4. The zero-order valence-electron chi connectivity index (χ0n) is 15.5. The van der Waals surface area contributed by atoms with E-state index in [1.807, 2.05) is 36.4 Å². The molecule has 0 aliphatic carbocycles. The van der Waals surface area contributed by atoms with Gasteiger partial charge < -0.3 is 20.1 Å². The van der Waals surface area contributed by atoms with Crippen molar-refractivity contribution in [2.75, 3.05) is 30.9 Å². The molecular formula is C20H23N5O2. The monoisotopic (exact) mass is 365 g/mol. The average Bonchev–Trinajstić information content (AvgIpc) is 2.71. The normalized spacial score (nSPS) is 10.3. The molecule has 0 aliphatic rings. The summed E-state index contributed by atoms with van der Waals surface area (Å²) in [5.74, 6) is 2.73. The quantitative estimate of drug-likeness (QED) is 0.563. The van der Waals surface area contributed by atoms with E-state index in [2.05, 4.69) is 44.9 Å². The maximum absolute atomic E-state index is 5.68. The lowest BCUT2D eigenvalue weighted by molar-refractivity contribution is 0.331. The first-order valence-corrected chi connectivity index (χ1v) is 8.73. The molecule has 0 saturated carbocycles. The summed E-state index contributed by atoms with van der Waals surface area (Å²) in [6.45, 7) is 3.83. The third kappa shape index (κ3) is 5.57. The van der Waals surface area contributed by atoms with Gasteiger partial charge in [0.05, 0.1) is 19.9 Å². The fourth-order valence-electron chi connectivity index (χ4n) is 2.47. The van der Waals surface area contributed by atoms with Crippen molar-refractivity contribution in [1.82, 2.24) is 15.2 Å². The molecule has 7 nitrogen and oxygen atoms in total. The Labute approximate surface area is 158 Å². The molecule has 140 valence electrons. The van der Waals surface area contributed by atoms with Gasteiger partial charge in [0.1, 0.15) is 18.1 Å². The molecule has 3 rings (SSSR count). The molecule has 0 fully saturated rings. The SMILES string of the molecule is COc1ccc(OCCNc2cnnc(NCc3ccccc3C)n2)cc1. The largest absolute Gasteiger partial charge is 0.497 e. The summed E-state index contributed by atoms with van der Waals surface area (Å²) in [7, 11) is 1.64. The molecule has 0 atom stereocenters. The molecule has 1 heterocycles. The van der Waals surface area contributed by atoms with Crippen LogP contribution in [0, 0.1) is 6.92 Å². The van der Waals surface area contributed by atoms with E-state index < -0.39 is 0 Å². The molecule has 2 N–H and O–H groups in total. The van der Waals surface area contributed by atoms with Gasteiger partial charge in [0, 0.05) is 6.54 Å². The number of rotatable bonds is 9. The summed E-state index contributed by atoms with van der Waals surface area (Å²) in [5.41, 5.74) is 2.43. The Kier molecular flexibility index (Phi) is 6.40. The van der Waals surface area contributed by atoms with Gasteiger partial charge in [-0.25, -0.2) is 0 Å². The third-order valence-electron chi connectivity index (χ3n) is 3.99. The van der Waals surface area contributed by atoms with E-state index >= 15 is 0 Å². The lowest BCUT2D eigenvalue weighted by Crippen LogP contribution is -2.14. The standard InChI is InChI=1S/C20H23N5O2/c1-15-5-3-4-6-16(15)13-22-20-24-19(14-23-25-20)21-11-12-27-18-9-7-17(26-2)8-10-18/h3-10,14H,11-13H2,1-2H3,(H2,21,22,24,25). The Bertz CT molecular complexity index is 855. The number of nitrogens with one attached hydrogen (secondary N) is 2. The first-order chi connectivity index (χ1) is 13.2. The zero-order chi connectivity index (χ0) is 18.9. The minimum absolute atomic E-state index is 0.485. The van der Waals surface area contributed by atoms with Crippen LogP contribution in [0.25, 0.3) is 0 Å². The van der Waals surface area contributed by atoms with Crippen LogP contribution in [0.4, 0.5) is 11.8 Å². The van der Waals surface area contributed by atoms with Crippen molar-refractivity contribution in [3.63, 3.8) is 0 Å². The predicted octanol–water partition coefficient (Wildman–Crippen LogP) is 3.29. The highest BCUT2D eigenvalue weighted by Crippen LogP contribution is 2.16. The number of methoxy groups -OCH3 is 1. The van der Waals surface area contributed by atoms with Gasteiger partial charge >= 0.3 is 0 Å². The van der Waals surface area contributed by atoms with Crippen molar-refractivity contribution in [1.29, 1.82) is 0 Å². The second kappa shape index (κ2) is 9.38. The van der Waals surface area contributed by atoms with Crippen LogP contribution in [0.15, 0.2) is 54.7 Å². The summed E-state index contributed by atoms with van der Waals surface area (Å²) in [6.07, 6.45) is 1.59. The highest BCUT2D eigenvalue weighted by molar-refractivity contribution is 5.38. The molecule has 0 radical (unpaired) electrons. The van der Waals surface area contributed by atoms with E-state index in [-0.39, 0.29) is 0 Å². The van der Waals surface area contributed by atoms with Gasteiger partial charge in [-0.05, 0) is 42.3 Å². The van der Waals surface area contributed by atoms with Gasteiger partial charge in [-0.3, -0.25) is 0 Å². The fourth-order valence-corrected chi connectivity index (χ4v) is 2.47. The second-order valence-corrected chi connectivity index (χ2v) is 5.90. The first kappa shape index (κ1) is 18.4. The molecule has 0 aliphatic heterocycles. The molecule has 0 spiro atoms. The fraction of sp³-hybridized carbons (Fsp3) is 0.250. The van der Waals surface area contributed by atoms with Crippen LogP contribution >= 0.6 is 0 Å². The molecule has 27 heavy (non-hydrogen) atoms. The number of ether oxygens (including phenoxy) is 2. The molecule has 7 heteroatoms. The minimum Gasteiger partial charge on any atom is -0.497 e. The number of aryl methyl sites for hydroxylation is 1. The molecule has 0 unspecified atom stereocenters. The van der Waals surface area contributed by atoms with E-state index in [9.17, 15) is 0 Å². The van der Waals surface area contributed by atoms with Gasteiger partial charge in [0.25, 0.3) is 0 Å². The van der Waals surface area contributed by atoms with Crippen LogP contribution in [0.2, 0.25) is 0 Å². The Morgan fingerprint density at radius 3 is 2.52 bits per heavy atom. The van der Waals surface area contributed by atoms with E-state index in [0.717, 1.165) is 11.5 Å². The lowest BCUT2D eigenvalue weighted by Gasteiger charge is -2.10. The predicted molar refractivity (Wildman–Crippen MR) is 105 cm³/mol. The number of hydrogen-bond donors (Lipinski definition) is 2. The van der Waals surface area contributed by atoms with E-state index in [1.54, 1.807) is 13.3 Å². The maximum atomic E-state index is 5.68. The van der Waals surface area contributed by atoms with Gasteiger partial charge in [-0.2, -0.15) is 10.1 Å². The van der Waals surface area contributed by atoms with Crippen molar-refractivity contribution < 1.29 is 9.47 Å². The highest BCUT2D eigenvalue weighted by atomic mass is 16.5. The number of benzene rings is 2. The number of hydrogen-bond acceptors (Lipinski definition) is 7. The minimum atomic E-state index is 0.485. The number of nitrogens with zero attached hydrogens (tertiary/aromatic N) is 3. The van der Waals surface area contributed by atoms with Crippen molar-refractivity contribution in [2.45, 2.75) is 13.5 Å². The third-order valence-corrected chi connectivity index (χ3v) is 3.99. The van der Waals surface area contributed by atoms with Crippen molar-refractivity contribution in [3.05, 3.63) is 65.9 Å². The summed E-state index contributed by atoms with van der Waals surface area (Å²) in [6, 6.07) is 15.7. The van der Waals surface area contributed by atoms with Crippen LogP contribution in [0.5, 0.6) is 11.5 Å². The Morgan fingerprint density at radius 1 is 0.963 bits per heavy atom. The zero-order valence-corrected chi connectivity index (χ0v) is 15.5. The van der Waals surface area contributed by atoms with Crippen molar-refractivity contribution in [2.24, 2.45) is 0 Å². The van der Waals surface area contributed by atoms with E-state index in [1.165, 1.54) is 11.1 Å². The molecule has 0 bridgehead atoms. The second-order valence-electron chi connectivity index (χ2n) is 5.90. The highest BCUT2D eigenvalue weighted by Gasteiger charge is 2.02. The number of anilines is 2. The molecule has 0 saturated heterocycles. The smallest absolute Gasteiger partial charge is 0.244 e. The van der Waals surface area contributed by atoms with Gasteiger partial charge in [-0.1, -0.05) is 24.3 Å². The molecule has 2 aromatic carbocycles. The average molecular weight is 365 g/mol. The summed E-state index contributed by atoms with van der Waals surface area (Å²) < 4.78 is 10.8. The Hall–Kier alpha value is -3.35. The Morgan fingerprint density at radius 2 is 1.74 bits per heavy atom. The molecular weight excluding hydrogens is 342 g/mol. The van der Waals surface area contributed by atoms with Gasteiger partial charge in [0.2, 0.25) is 5.95 Å². The van der Waals surface area contributed by atoms with Crippen LogP contribution in [-0.4, -0.2) is 35.4 Å². The summed E-state index contributed by atoms with van der Waals surface area (Å²) in [4.78, 5) is 4.42. The van der Waals surface area contributed by atoms with Crippen molar-refractivity contribution in [3.8, 4) is 11.5 Å². The topological polar surface area (TPSA) is 81.2 Å². The van der Waals surface area contributed by atoms with Gasteiger partial charge in [-0.15, -0.1) is 5.10 Å². The van der Waals surface area contributed by atoms with E-state index in [0.29, 0.717) is 31.5 Å². The van der Waals surface area contributed by atoms with Crippen LogP contribution < -0.4 is 20.1 Å². The van der Waals surface area contributed by atoms with Crippen LogP contribution in [0.3, 0.4) is 0 Å². The molecule has 3 aromatic rings. The maximum Gasteiger partial charge on any atom is 0.244 e. The number of aromatic nitrogens is 3. The summed E-state index contributed by atoms with van der Waals surface area (Å²) >= 11 is 0. The Balaban J connectivity index is 1.45. The first-order valence-electron chi connectivity index (χ1n) is 8.73. The van der Waals surface area contributed by atoms with Crippen LogP contribution in [0.1, 0.15) is 11.1 Å².